The summed E-state index contributed by atoms with van der Waals surface area (Å²) in [6.45, 7) is 0.472. The van der Waals surface area contributed by atoms with E-state index in [2.05, 4.69) is 10.6 Å². The Morgan fingerprint density at radius 2 is 1.72 bits per heavy atom. The van der Waals surface area contributed by atoms with E-state index < -0.39 is 11.8 Å². The lowest BCUT2D eigenvalue weighted by molar-refractivity contribution is -0.117. The topological polar surface area (TPSA) is 85.9 Å². The highest BCUT2D eigenvalue weighted by molar-refractivity contribution is 6.06. The van der Waals surface area contributed by atoms with E-state index in [1.807, 2.05) is 30.3 Å². The lowest BCUT2D eigenvalue weighted by atomic mass is 10.1. The molecule has 32 heavy (non-hydrogen) atoms. The number of rotatable bonds is 7. The van der Waals surface area contributed by atoms with Gasteiger partial charge in [-0.05, 0) is 41.5 Å². The maximum Gasteiger partial charge on any atom is 0.268 e. The molecule has 0 atom stereocenters. The number of carbonyl (C=O) groups excluding carboxylic acids is 2. The highest BCUT2D eigenvalue weighted by atomic mass is 16.7. The number of ether oxygens (including phenoxy) is 3. The standard InChI is InChI=1S/C25H22N2O5/c1-30-21-10-6-5-9-19(21)24(28)27-20(25(29)26-15-17-7-3-2-4-8-17)13-18-11-12-22-23(14-18)32-16-31-22/h2-14H,15-16H2,1H3,(H,26,29)(H,27,28)/b20-13+. The van der Waals surface area contributed by atoms with E-state index in [9.17, 15) is 9.59 Å². The number of para-hydroxylation sites is 1. The first kappa shape index (κ1) is 21.0. The van der Waals surface area contributed by atoms with Gasteiger partial charge < -0.3 is 24.8 Å². The molecule has 0 bridgehead atoms. The van der Waals surface area contributed by atoms with Crippen LogP contribution in [0.25, 0.3) is 6.08 Å². The average molecular weight is 430 g/mol. The quantitative estimate of drug-likeness (QED) is 0.561. The van der Waals surface area contributed by atoms with Gasteiger partial charge in [0.25, 0.3) is 11.8 Å². The lowest BCUT2D eigenvalue weighted by Crippen LogP contribution is -2.34. The molecule has 7 heteroatoms. The van der Waals surface area contributed by atoms with Gasteiger partial charge in [0.15, 0.2) is 11.5 Å². The first-order valence-corrected chi connectivity index (χ1v) is 10.0. The number of nitrogens with one attached hydrogen (secondary N) is 2. The van der Waals surface area contributed by atoms with Gasteiger partial charge in [0.05, 0.1) is 12.7 Å². The van der Waals surface area contributed by atoms with Gasteiger partial charge in [0, 0.05) is 6.54 Å². The van der Waals surface area contributed by atoms with Gasteiger partial charge in [0.2, 0.25) is 6.79 Å². The van der Waals surface area contributed by atoms with E-state index in [1.54, 1.807) is 48.5 Å². The molecule has 1 aliphatic rings. The molecule has 0 spiro atoms. The van der Waals surface area contributed by atoms with E-state index in [1.165, 1.54) is 7.11 Å². The number of fused-ring (bicyclic) bond motifs is 1. The summed E-state index contributed by atoms with van der Waals surface area (Å²) in [5.41, 5.74) is 2.04. The molecule has 0 radical (unpaired) electrons. The van der Waals surface area contributed by atoms with Crippen LogP contribution in [-0.2, 0) is 11.3 Å². The molecule has 3 aromatic carbocycles. The number of hydrogen-bond donors (Lipinski definition) is 2. The fourth-order valence-corrected chi connectivity index (χ4v) is 3.22. The van der Waals surface area contributed by atoms with Gasteiger partial charge in [0.1, 0.15) is 11.4 Å². The first-order valence-electron chi connectivity index (χ1n) is 10.0. The second kappa shape index (κ2) is 9.70. The van der Waals surface area contributed by atoms with Gasteiger partial charge >= 0.3 is 0 Å². The van der Waals surface area contributed by atoms with Crippen molar-refractivity contribution in [3.63, 3.8) is 0 Å². The van der Waals surface area contributed by atoms with Crippen molar-refractivity contribution >= 4 is 17.9 Å². The largest absolute Gasteiger partial charge is 0.496 e. The highest BCUT2D eigenvalue weighted by Gasteiger charge is 2.18. The molecule has 0 aliphatic carbocycles. The fraction of sp³-hybridized carbons (Fsp3) is 0.120. The number of carbonyl (C=O) groups is 2. The van der Waals surface area contributed by atoms with E-state index in [0.717, 1.165) is 5.56 Å². The molecular formula is C25H22N2O5. The maximum atomic E-state index is 13.0. The zero-order chi connectivity index (χ0) is 22.3. The third-order valence-electron chi connectivity index (χ3n) is 4.85. The minimum atomic E-state index is -0.454. The molecule has 0 aromatic heterocycles. The summed E-state index contributed by atoms with van der Waals surface area (Å²) in [7, 11) is 1.49. The molecule has 0 unspecified atom stereocenters. The van der Waals surface area contributed by atoms with Crippen LogP contribution in [0.15, 0.2) is 78.5 Å². The van der Waals surface area contributed by atoms with Crippen molar-refractivity contribution in [3.05, 3.63) is 95.2 Å². The normalized spacial score (nSPS) is 12.2. The Morgan fingerprint density at radius 3 is 2.53 bits per heavy atom. The summed E-state index contributed by atoms with van der Waals surface area (Å²) in [4.78, 5) is 25.9. The molecule has 0 saturated heterocycles. The van der Waals surface area contributed by atoms with Crippen molar-refractivity contribution in [1.82, 2.24) is 10.6 Å². The summed E-state index contributed by atoms with van der Waals surface area (Å²) in [6.07, 6.45) is 1.59. The van der Waals surface area contributed by atoms with Crippen molar-refractivity contribution in [2.24, 2.45) is 0 Å². The van der Waals surface area contributed by atoms with Crippen LogP contribution < -0.4 is 24.8 Å². The van der Waals surface area contributed by atoms with Crippen LogP contribution >= 0.6 is 0 Å². The van der Waals surface area contributed by atoms with Crippen molar-refractivity contribution in [2.75, 3.05) is 13.9 Å². The van der Waals surface area contributed by atoms with Gasteiger partial charge in [-0.1, -0.05) is 48.5 Å². The Kier molecular flexibility index (Phi) is 6.36. The fourth-order valence-electron chi connectivity index (χ4n) is 3.22. The van der Waals surface area contributed by atoms with E-state index in [-0.39, 0.29) is 12.5 Å². The monoisotopic (exact) mass is 430 g/mol. The van der Waals surface area contributed by atoms with Crippen LogP contribution in [0, 0.1) is 0 Å². The van der Waals surface area contributed by atoms with Crippen molar-refractivity contribution in [2.45, 2.75) is 6.54 Å². The highest BCUT2D eigenvalue weighted by Crippen LogP contribution is 2.33. The minimum absolute atomic E-state index is 0.0932. The summed E-state index contributed by atoms with van der Waals surface area (Å²) < 4.78 is 16.0. The number of hydrogen-bond acceptors (Lipinski definition) is 5. The van der Waals surface area contributed by atoms with Crippen LogP contribution in [-0.4, -0.2) is 25.7 Å². The SMILES string of the molecule is COc1ccccc1C(=O)N/C(=C/c1ccc2c(c1)OCO2)C(=O)NCc1ccccc1. The summed E-state index contributed by atoms with van der Waals surface area (Å²) in [6, 6.07) is 21.6. The maximum absolute atomic E-state index is 13.0. The van der Waals surface area contributed by atoms with Crippen LogP contribution in [0.4, 0.5) is 0 Å². The van der Waals surface area contributed by atoms with Crippen LogP contribution in [0.1, 0.15) is 21.5 Å². The van der Waals surface area contributed by atoms with Gasteiger partial charge in [-0.2, -0.15) is 0 Å². The van der Waals surface area contributed by atoms with Gasteiger partial charge in [-0.25, -0.2) is 0 Å². The van der Waals surface area contributed by atoms with Crippen molar-refractivity contribution in [3.8, 4) is 17.2 Å². The third-order valence-corrected chi connectivity index (χ3v) is 4.85. The van der Waals surface area contributed by atoms with Gasteiger partial charge in [-0.15, -0.1) is 0 Å². The molecule has 0 saturated carbocycles. The molecule has 2 amide bonds. The molecule has 1 aliphatic heterocycles. The Labute approximate surface area is 185 Å². The van der Waals surface area contributed by atoms with E-state index >= 15 is 0 Å². The molecule has 162 valence electrons. The van der Waals surface area contributed by atoms with Crippen LogP contribution in [0.2, 0.25) is 0 Å². The Morgan fingerprint density at radius 1 is 0.969 bits per heavy atom. The smallest absolute Gasteiger partial charge is 0.268 e. The predicted molar refractivity (Wildman–Crippen MR) is 119 cm³/mol. The third kappa shape index (κ3) is 4.89. The molecular weight excluding hydrogens is 408 g/mol. The Balaban J connectivity index is 1.59. The lowest BCUT2D eigenvalue weighted by Gasteiger charge is -2.13. The molecule has 3 aromatic rings. The van der Waals surface area contributed by atoms with Crippen molar-refractivity contribution in [1.29, 1.82) is 0 Å². The summed E-state index contributed by atoms with van der Waals surface area (Å²) in [5, 5.41) is 5.57. The molecule has 7 nitrogen and oxygen atoms in total. The number of methoxy groups -OCH3 is 1. The van der Waals surface area contributed by atoms with Gasteiger partial charge in [-0.3, -0.25) is 9.59 Å². The zero-order valence-electron chi connectivity index (χ0n) is 17.5. The zero-order valence-corrected chi connectivity index (χ0v) is 17.5. The Bertz CT molecular complexity index is 1160. The minimum Gasteiger partial charge on any atom is -0.496 e. The molecule has 0 fully saturated rings. The van der Waals surface area contributed by atoms with Crippen LogP contribution in [0.3, 0.4) is 0 Å². The number of benzene rings is 3. The Hall–Kier alpha value is -4.26. The van der Waals surface area contributed by atoms with Crippen LogP contribution in [0.5, 0.6) is 17.2 Å². The van der Waals surface area contributed by atoms with Crippen molar-refractivity contribution < 1.29 is 23.8 Å². The second-order valence-electron chi connectivity index (χ2n) is 6.99. The number of amides is 2. The molecule has 2 N–H and O–H groups in total. The molecule has 4 rings (SSSR count). The summed E-state index contributed by atoms with van der Waals surface area (Å²) >= 11 is 0. The van der Waals surface area contributed by atoms with E-state index in [4.69, 9.17) is 14.2 Å². The average Bonchev–Trinajstić information content (AvgIpc) is 3.30. The van der Waals surface area contributed by atoms with E-state index in [0.29, 0.717) is 34.9 Å². The molecule has 1 heterocycles. The summed E-state index contributed by atoms with van der Waals surface area (Å²) in [5.74, 6) is 0.755. The second-order valence-corrected chi connectivity index (χ2v) is 6.99. The first-order chi connectivity index (χ1) is 15.6. The predicted octanol–water partition coefficient (Wildman–Crippen LogP) is 3.51.